The number of alkyl halides is 8. The fourth-order valence-corrected chi connectivity index (χ4v) is 7.59. The summed E-state index contributed by atoms with van der Waals surface area (Å²) in [7, 11) is 0. The van der Waals surface area contributed by atoms with E-state index in [1.807, 2.05) is 4.90 Å². The van der Waals surface area contributed by atoms with Crippen LogP contribution in [0.5, 0.6) is 0 Å². The standard InChI is InChI=1S/C32H28BF8.C12H27N/c34-13-21-1-22(14-35)6-29(5-21)33(30-7-23(15-36)2-24(8-30)16-37,31-9-25(17-38)3-26(10-31)18-39)32-11-27(19-40)4-28(12-32)20-41;1-4-7-10-13(11-8-5-2)12-9-6-3/h1-12H,13-20H2;4-12H2,1-3H3/q-1;/p+1. The first-order valence-electron chi connectivity index (χ1n) is 19.2. The monoisotopic (exact) mass is 761 g/mol. The van der Waals surface area contributed by atoms with Crippen molar-refractivity contribution >= 4 is 28.0 Å². The van der Waals surface area contributed by atoms with Crippen molar-refractivity contribution in [2.24, 2.45) is 0 Å². The summed E-state index contributed by atoms with van der Waals surface area (Å²) in [5.41, 5.74) is 1.77. The highest BCUT2D eigenvalue weighted by molar-refractivity contribution is 7.20. The first kappa shape index (κ1) is 44.7. The maximum Gasteiger partial charge on any atom is 0.114 e. The van der Waals surface area contributed by atoms with Crippen LogP contribution in [0, 0.1) is 0 Å². The molecule has 0 heterocycles. The molecular formula is C44H56BF8N. The van der Waals surface area contributed by atoms with Crippen LogP contribution < -0.4 is 26.8 Å². The van der Waals surface area contributed by atoms with Crippen molar-refractivity contribution in [3.8, 4) is 0 Å². The average molecular weight is 762 g/mol. The summed E-state index contributed by atoms with van der Waals surface area (Å²) in [5.74, 6) is 0. The highest BCUT2D eigenvalue weighted by Gasteiger charge is 2.34. The van der Waals surface area contributed by atoms with E-state index < -0.39 is 59.5 Å². The minimum absolute atomic E-state index is 0.0912. The molecule has 0 aliphatic heterocycles. The van der Waals surface area contributed by atoms with E-state index in [0.717, 1.165) is 0 Å². The lowest BCUT2D eigenvalue weighted by atomic mass is 9.12. The van der Waals surface area contributed by atoms with Crippen LogP contribution in [0.4, 0.5) is 35.1 Å². The lowest BCUT2D eigenvalue weighted by Gasteiger charge is -2.46. The van der Waals surface area contributed by atoms with Gasteiger partial charge in [0.25, 0.3) is 0 Å². The van der Waals surface area contributed by atoms with Crippen molar-refractivity contribution < 1.29 is 40.0 Å². The number of unbranched alkanes of at least 4 members (excludes halogenated alkanes) is 3. The predicted molar refractivity (Wildman–Crippen MR) is 209 cm³/mol. The third-order valence-corrected chi connectivity index (χ3v) is 10.2. The van der Waals surface area contributed by atoms with Crippen LogP contribution in [0.25, 0.3) is 0 Å². The molecule has 10 heteroatoms. The molecule has 0 bridgehead atoms. The van der Waals surface area contributed by atoms with Crippen molar-refractivity contribution in [1.82, 2.24) is 0 Å². The van der Waals surface area contributed by atoms with Gasteiger partial charge in [0.2, 0.25) is 0 Å². The van der Waals surface area contributed by atoms with Gasteiger partial charge in [-0.25, -0.2) is 35.1 Å². The second kappa shape index (κ2) is 23.3. The van der Waals surface area contributed by atoms with E-state index in [-0.39, 0.29) is 66.4 Å². The second-order valence-corrected chi connectivity index (χ2v) is 14.3. The summed E-state index contributed by atoms with van der Waals surface area (Å²) < 4.78 is 113. The fourth-order valence-electron chi connectivity index (χ4n) is 7.59. The van der Waals surface area contributed by atoms with E-state index in [0.29, 0.717) is 0 Å². The molecule has 1 N–H and O–H groups in total. The maximum absolute atomic E-state index is 14.1. The highest BCUT2D eigenvalue weighted by atomic mass is 19.2. The average Bonchev–Trinajstić information content (AvgIpc) is 3.23. The van der Waals surface area contributed by atoms with Gasteiger partial charge in [-0.2, -0.15) is 21.9 Å². The van der Waals surface area contributed by atoms with E-state index in [1.165, 1.54) is 131 Å². The Kier molecular flexibility index (Phi) is 19.3. The molecule has 0 radical (unpaired) electrons. The zero-order valence-electron chi connectivity index (χ0n) is 32.1. The topological polar surface area (TPSA) is 4.44 Å². The predicted octanol–water partition coefficient (Wildman–Crippen LogP) is 9.09. The second-order valence-electron chi connectivity index (χ2n) is 14.3. The summed E-state index contributed by atoms with van der Waals surface area (Å²) >= 11 is 0. The van der Waals surface area contributed by atoms with Gasteiger partial charge in [-0.1, -0.05) is 113 Å². The zero-order valence-corrected chi connectivity index (χ0v) is 32.1. The van der Waals surface area contributed by atoms with Crippen LogP contribution in [0.1, 0.15) is 104 Å². The Morgan fingerprint density at radius 3 is 0.667 bits per heavy atom. The summed E-state index contributed by atoms with van der Waals surface area (Å²) in [6, 6.07) is 16.9. The molecule has 4 rings (SSSR count). The van der Waals surface area contributed by atoms with Crippen LogP contribution in [-0.2, 0) is 53.4 Å². The molecular weight excluding hydrogens is 705 g/mol. The SMILES string of the molecule is CCCC[NH+](CCCC)CCCC.FCc1cc(CF)cc([B-](c2cc(CF)cc(CF)c2)(c2cc(CF)cc(CF)c2)c2cc(CF)cc(CF)c2)c1. The van der Waals surface area contributed by atoms with Crippen molar-refractivity contribution in [2.45, 2.75) is 113 Å². The molecule has 296 valence electrons. The van der Waals surface area contributed by atoms with Crippen molar-refractivity contribution in [3.63, 3.8) is 0 Å². The first-order chi connectivity index (χ1) is 26.2. The lowest BCUT2D eigenvalue weighted by molar-refractivity contribution is -0.900. The Morgan fingerprint density at radius 1 is 0.333 bits per heavy atom. The number of rotatable bonds is 21. The smallest absolute Gasteiger partial charge is 0.114 e. The van der Waals surface area contributed by atoms with Crippen molar-refractivity contribution in [1.29, 1.82) is 0 Å². The third-order valence-electron chi connectivity index (χ3n) is 10.2. The molecule has 54 heavy (non-hydrogen) atoms. The summed E-state index contributed by atoms with van der Waals surface area (Å²) in [6.07, 6.45) is 5.50. The van der Waals surface area contributed by atoms with Crippen molar-refractivity contribution in [3.05, 3.63) is 117 Å². The van der Waals surface area contributed by atoms with E-state index in [4.69, 9.17) is 0 Å². The van der Waals surface area contributed by atoms with E-state index >= 15 is 0 Å². The Balaban J connectivity index is 0.000000515. The van der Waals surface area contributed by atoms with Gasteiger partial charge in [0.15, 0.2) is 0 Å². The van der Waals surface area contributed by atoms with Gasteiger partial charge in [0, 0.05) is 0 Å². The van der Waals surface area contributed by atoms with Crippen LogP contribution in [0.2, 0.25) is 0 Å². The van der Waals surface area contributed by atoms with Crippen LogP contribution in [0.3, 0.4) is 0 Å². The zero-order chi connectivity index (χ0) is 39.5. The number of halogens is 8. The van der Waals surface area contributed by atoms with Gasteiger partial charge in [-0.3, -0.25) is 0 Å². The number of benzene rings is 4. The number of hydrogen-bond acceptors (Lipinski definition) is 0. The lowest BCUT2D eigenvalue weighted by Crippen LogP contribution is -3.12. The largest absolute Gasteiger partial charge is 0.335 e. The molecule has 0 saturated carbocycles. The minimum Gasteiger partial charge on any atom is -0.335 e. The van der Waals surface area contributed by atoms with Crippen molar-refractivity contribution in [2.75, 3.05) is 19.6 Å². The third kappa shape index (κ3) is 11.7. The molecule has 0 aromatic heterocycles. The van der Waals surface area contributed by atoms with Gasteiger partial charge in [0.1, 0.15) is 59.5 Å². The van der Waals surface area contributed by atoms with E-state index in [1.54, 1.807) is 0 Å². The van der Waals surface area contributed by atoms with E-state index in [2.05, 4.69) is 20.8 Å². The maximum atomic E-state index is 14.1. The molecule has 0 fully saturated rings. The Hall–Kier alpha value is -3.66. The molecule has 4 aromatic carbocycles. The highest BCUT2D eigenvalue weighted by Crippen LogP contribution is 2.21. The Labute approximate surface area is 317 Å². The van der Waals surface area contributed by atoms with Crippen LogP contribution in [-0.4, -0.2) is 25.8 Å². The number of hydrogen-bond donors (Lipinski definition) is 1. The molecule has 0 aliphatic rings. The van der Waals surface area contributed by atoms with Gasteiger partial charge in [-0.05, 0) is 63.8 Å². The molecule has 0 unspecified atom stereocenters. The molecule has 0 saturated heterocycles. The molecule has 1 nitrogen and oxygen atoms in total. The molecule has 4 aromatic rings. The quantitative estimate of drug-likeness (QED) is 0.0639. The number of quaternary nitrogens is 1. The molecule has 0 amide bonds. The molecule has 0 aliphatic carbocycles. The van der Waals surface area contributed by atoms with Gasteiger partial charge in [-0.15, -0.1) is 0 Å². The number of nitrogens with one attached hydrogen (secondary N) is 1. The minimum atomic E-state index is -2.76. The van der Waals surface area contributed by atoms with E-state index in [9.17, 15) is 35.1 Å². The summed E-state index contributed by atoms with van der Waals surface area (Å²) in [4.78, 5) is 1.84. The Bertz CT molecular complexity index is 1380. The van der Waals surface area contributed by atoms with Crippen LogP contribution in [0.15, 0.2) is 72.8 Å². The van der Waals surface area contributed by atoms with Gasteiger partial charge in [0.05, 0.1) is 19.6 Å². The normalized spacial score (nSPS) is 11.6. The molecule has 0 spiro atoms. The van der Waals surface area contributed by atoms with Gasteiger partial charge >= 0.3 is 0 Å². The first-order valence-corrected chi connectivity index (χ1v) is 19.2. The summed E-state index contributed by atoms with van der Waals surface area (Å²) in [6.45, 7) is 3.24. The van der Waals surface area contributed by atoms with Crippen LogP contribution >= 0.6 is 0 Å². The molecule has 0 atom stereocenters. The fraction of sp³-hybridized carbons (Fsp3) is 0.455. The van der Waals surface area contributed by atoms with Gasteiger partial charge < -0.3 is 4.90 Å². The Morgan fingerprint density at radius 2 is 0.519 bits per heavy atom. The summed E-state index contributed by atoms with van der Waals surface area (Å²) in [5, 5.41) is 0.